The van der Waals surface area contributed by atoms with E-state index in [1.54, 1.807) is 12.1 Å². The Morgan fingerprint density at radius 1 is 1.40 bits per heavy atom. The van der Waals surface area contributed by atoms with E-state index < -0.39 is 28.3 Å². The molecule has 1 saturated heterocycles. The van der Waals surface area contributed by atoms with Crippen LogP contribution in [0.3, 0.4) is 0 Å². The van der Waals surface area contributed by atoms with Crippen molar-refractivity contribution in [1.29, 1.82) is 0 Å². The number of aryl methyl sites for hydroxylation is 1. The fourth-order valence-electron chi connectivity index (χ4n) is 1.85. The predicted octanol–water partition coefficient (Wildman–Crippen LogP) is 1.41. The first-order valence-corrected chi connectivity index (χ1v) is 7.49. The molecule has 0 aliphatic carbocycles. The molecule has 5 nitrogen and oxygen atoms in total. The van der Waals surface area contributed by atoms with Crippen LogP contribution in [0.5, 0.6) is 0 Å². The summed E-state index contributed by atoms with van der Waals surface area (Å²) in [7, 11) is -3.98. The molecule has 0 radical (unpaired) electrons. The Morgan fingerprint density at radius 3 is 2.55 bits per heavy atom. The fourth-order valence-corrected chi connectivity index (χ4v) is 2.89. The number of ether oxygens (including phenoxy) is 1. The van der Waals surface area contributed by atoms with E-state index in [0.717, 1.165) is 5.56 Å². The number of cyclic esters (lactones) is 1. The summed E-state index contributed by atoms with van der Waals surface area (Å²) in [6.07, 6.45) is 4.03. The molecule has 0 aromatic heterocycles. The van der Waals surface area contributed by atoms with Gasteiger partial charge in [0.1, 0.15) is 6.10 Å². The highest BCUT2D eigenvalue weighted by Gasteiger charge is 2.34. The lowest BCUT2D eigenvalue weighted by Gasteiger charge is -2.17. The summed E-state index contributed by atoms with van der Waals surface area (Å²) in [4.78, 5) is 11.1. The van der Waals surface area contributed by atoms with E-state index in [0.29, 0.717) is 6.42 Å². The normalized spacial score (nSPS) is 20.2. The molecule has 106 valence electrons. The van der Waals surface area contributed by atoms with Gasteiger partial charge in [0.25, 0.3) is 10.1 Å². The van der Waals surface area contributed by atoms with Crippen molar-refractivity contribution < 1.29 is 22.1 Å². The van der Waals surface area contributed by atoms with E-state index in [4.69, 9.17) is 15.3 Å². The van der Waals surface area contributed by atoms with E-state index in [2.05, 4.69) is 5.92 Å². The monoisotopic (exact) mass is 294 g/mol. The van der Waals surface area contributed by atoms with E-state index in [9.17, 15) is 13.2 Å². The lowest BCUT2D eigenvalue weighted by Crippen LogP contribution is -2.30. The van der Waals surface area contributed by atoms with Gasteiger partial charge in [-0.3, -0.25) is 4.79 Å². The van der Waals surface area contributed by atoms with Crippen LogP contribution >= 0.6 is 0 Å². The van der Waals surface area contributed by atoms with Crippen molar-refractivity contribution in [2.45, 2.75) is 36.9 Å². The van der Waals surface area contributed by atoms with Crippen molar-refractivity contribution >= 4 is 16.1 Å². The average molecular weight is 294 g/mol. The summed E-state index contributed by atoms with van der Waals surface area (Å²) >= 11 is 0. The zero-order valence-corrected chi connectivity index (χ0v) is 11.7. The Bertz CT molecular complexity index is 639. The van der Waals surface area contributed by atoms with Crippen molar-refractivity contribution in [3.05, 3.63) is 29.8 Å². The number of rotatable bonds is 4. The van der Waals surface area contributed by atoms with Gasteiger partial charge < -0.3 is 4.74 Å². The highest BCUT2D eigenvalue weighted by Crippen LogP contribution is 2.23. The maximum absolute atomic E-state index is 12.1. The van der Waals surface area contributed by atoms with Crippen molar-refractivity contribution in [3.8, 4) is 12.3 Å². The molecule has 1 heterocycles. The Kier molecular flexibility index (Phi) is 4.12. The van der Waals surface area contributed by atoms with Crippen LogP contribution in [0.1, 0.15) is 18.4 Å². The summed E-state index contributed by atoms with van der Waals surface area (Å²) in [5.74, 6) is 1.83. The standard InChI is InChI=1S/C14H14O5S/c1-3-12(13-8-9-14(15)18-13)19-20(16,17)11-6-4-10(2)5-7-11/h1,4-7,12-13H,8-9H2,2H3/t12-,13+/m0/s1. The van der Waals surface area contributed by atoms with Gasteiger partial charge in [0, 0.05) is 6.42 Å². The summed E-state index contributed by atoms with van der Waals surface area (Å²) in [6, 6.07) is 6.21. The topological polar surface area (TPSA) is 69.7 Å². The second-order valence-electron chi connectivity index (χ2n) is 4.52. The Balaban J connectivity index is 2.16. The zero-order valence-electron chi connectivity index (χ0n) is 10.9. The third-order valence-electron chi connectivity index (χ3n) is 2.96. The second-order valence-corrected chi connectivity index (χ2v) is 6.09. The number of benzene rings is 1. The lowest BCUT2D eigenvalue weighted by molar-refractivity contribution is -0.143. The molecule has 0 N–H and O–H groups in total. The largest absolute Gasteiger partial charge is 0.458 e. The second kappa shape index (κ2) is 5.65. The van der Waals surface area contributed by atoms with Gasteiger partial charge in [-0.25, -0.2) is 4.18 Å². The Hall–Kier alpha value is -1.84. The first-order chi connectivity index (χ1) is 9.42. The molecule has 6 heteroatoms. The van der Waals surface area contributed by atoms with Crippen LogP contribution in [0.15, 0.2) is 29.2 Å². The Morgan fingerprint density at radius 2 is 2.05 bits per heavy atom. The smallest absolute Gasteiger partial charge is 0.306 e. The van der Waals surface area contributed by atoms with Crippen molar-refractivity contribution in [3.63, 3.8) is 0 Å². The van der Waals surface area contributed by atoms with Gasteiger partial charge in [0.15, 0.2) is 6.10 Å². The molecule has 2 atom stereocenters. The van der Waals surface area contributed by atoms with Crippen LogP contribution in [0.4, 0.5) is 0 Å². The molecule has 0 saturated carbocycles. The van der Waals surface area contributed by atoms with E-state index >= 15 is 0 Å². The number of carbonyl (C=O) groups excluding carboxylic acids is 1. The molecular formula is C14H14O5S. The maximum atomic E-state index is 12.1. The maximum Gasteiger partial charge on any atom is 0.306 e. The third-order valence-corrected chi connectivity index (χ3v) is 4.27. The third kappa shape index (κ3) is 3.18. The number of hydrogen-bond acceptors (Lipinski definition) is 5. The Labute approximate surface area is 118 Å². The SMILES string of the molecule is C#C[C@H](OS(=O)(=O)c1ccc(C)cc1)[C@H]1CCC(=O)O1. The van der Waals surface area contributed by atoms with Crippen molar-refractivity contribution in [1.82, 2.24) is 0 Å². The summed E-state index contributed by atoms with van der Waals surface area (Å²) in [5, 5.41) is 0. The first-order valence-electron chi connectivity index (χ1n) is 6.08. The first kappa shape index (κ1) is 14.6. The van der Waals surface area contributed by atoms with Crippen LogP contribution in [0.25, 0.3) is 0 Å². The van der Waals surface area contributed by atoms with Gasteiger partial charge in [0.2, 0.25) is 0 Å². The molecule has 1 fully saturated rings. The van der Waals surface area contributed by atoms with Gasteiger partial charge in [0.05, 0.1) is 4.90 Å². The number of esters is 1. The van der Waals surface area contributed by atoms with Gasteiger partial charge in [-0.05, 0) is 25.5 Å². The van der Waals surface area contributed by atoms with Gasteiger partial charge in [-0.2, -0.15) is 8.42 Å². The molecule has 1 aromatic carbocycles. The van der Waals surface area contributed by atoms with E-state index in [-0.39, 0.29) is 11.3 Å². The number of terminal acetylenes is 1. The van der Waals surface area contributed by atoms with Crippen molar-refractivity contribution in [2.24, 2.45) is 0 Å². The lowest BCUT2D eigenvalue weighted by atomic mass is 10.1. The molecule has 0 spiro atoms. The van der Waals surface area contributed by atoms with Crippen LogP contribution < -0.4 is 0 Å². The van der Waals surface area contributed by atoms with E-state index in [1.807, 2.05) is 6.92 Å². The molecule has 20 heavy (non-hydrogen) atoms. The predicted molar refractivity (Wildman–Crippen MR) is 71.2 cm³/mol. The minimum absolute atomic E-state index is 0.0210. The zero-order chi connectivity index (χ0) is 14.8. The summed E-state index contributed by atoms with van der Waals surface area (Å²) in [6.45, 7) is 1.85. The highest BCUT2D eigenvalue weighted by molar-refractivity contribution is 7.86. The molecule has 1 aliphatic rings. The minimum Gasteiger partial charge on any atom is -0.458 e. The van der Waals surface area contributed by atoms with Crippen LogP contribution in [-0.4, -0.2) is 26.6 Å². The average Bonchev–Trinajstić information content (AvgIpc) is 2.83. The highest BCUT2D eigenvalue weighted by atomic mass is 32.2. The molecule has 2 rings (SSSR count). The summed E-state index contributed by atoms with van der Waals surface area (Å²) in [5.41, 5.74) is 0.933. The van der Waals surface area contributed by atoms with Crippen LogP contribution in [0.2, 0.25) is 0 Å². The van der Waals surface area contributed by atoms with Gasteiger partial charge in [-0.1, -0.05) is 23.6 Å². The molecule has 1 aromatic rings. The van der Waals surface area contributed by atoms with Gasteiger partial charge >= 0.3 is 5.97 Å². The molecular weight excluding hydrogens is 280 g/mol. The van der Waals surface area contributed by atoms with Crippen LogP contribution in [0, 0.1) is 19.3 Å². The van der Waals surface area contributed by atoms with Crippen molar-refractivity contribution in [2.75, 3.05) is 0 Å². The van der Waals surface area contributed by atoms with Gasteiger partial charge in [-0.15, -0.1) is 6.42 Å². The summed E-state index contributed by atoms with van der Waals surface area (Å²) < 4.78 is 34.1. The quantitative estimate of drug-likeness (QED) is 0.477. The van der Waals surface area contributed by atoms with E-state index in [1.165, 1.54) is 12.1 Å². The number of carbonyl (C=O) groups is 1. The molecule has 0 bridgehead atoms. The fraction of sp³-hybridized carbons (Fsp3) is 0.357. The molecule has 1 aliphatic heterocycles. The molecule has 0 amide bonds. The molecule has 0 unspecified atom stereocenters. The number of hydrogen-bond donors (Lipinski definition) is 0. The van der Waals surface area contributed by atoms with Crippen LogP contribution in [-0.2, 0) is 23.8 Å². The minimum atomic E-state index is -3.98.